The van der Waals surface area contributed by atoms with Crippen molar-refractivity contribution in [1.29, 1.82) is 0 Å². The summed E-state index contributed by atoms with van der Waals surface area (Å²) in [6.45, 7) is 4.32. The van der Waals surface area contributed by atoms with E-state index in [1.165, 1.54) is 24.0 Å². The Bertz CT molecular complexity index is 1300. The second kappa shape index (κ2) is 10.3. The maximum Gasteiger partial charge on any atom is 0.229 e. The second-order valence-electron chi connectivity index (χ2n) is 9.55. The molecule has 1 saturated heterocycles. The minimum Gasteiger partial charge on any atom is -0.424 e. The molecule has 0 saturated carbocycles. The minimum atomic E-state index is -0.0881. The van der Waals surface area contributed by atoms with Gasteiger partial charge < -0.3 is 14.6 Å². The lowest BCUT2D eigenvalue weighted by molar-refractivity contribution is -0.121. The van der Waals surface area contributed by atoms with Crippen molar-refractivity contribution in [2.24, 2.45) is 0 Å². The predicted octanol–water partition coefficient (Wildman–Crippen LogP) is 4.86. The van der Waals surface area contributed by atoms with E-state index < -0.39 is 0 Å². The first kappa shape index (κ1) is 23.6. The summed E-state index contributed by atoms with van der Waals surface area (Å²) in [4.78, 5) is 19.6. The molecule has 1 amide bonds. The van der Waals surface area contributed by atoms with E-state index in [4.69, 9.17) is 9.40 Å². The molecule has 35 heavy (non-hydrogen) atoms. The summed E-state index contributed by atoms with van der Waals surface area (Å²) >= 11 is 1.63. The Balaban J connectivity index is 1.17. The standard InChI is InChI=1S/C27H31N5O2S/c1-17(13-21-11-9-18(2)32(21)3)28-24(33)15-25-30-31-26(34-25)16-27-29-22-12-10-20(14-23(22)35-27)19-7-5-4-6-8-19/h4-8,10,12,14,17-18,21H,9,11,13,15-16H2,1-3H3,(H,28,33). The van der Waals surface area contributed by atoms with Crippen molar-refractivity contribution in [3.63, 3.8) is 0 Å². The van der Waals surface area contributed by atoms with Crippen molar-refractivity contribution < 1.29 is 9.21 Å². The first-order valence-corrected chi connectivity index (χ1v) is 13.0. The molecule has 0 bridgehead atoms. The van der Waals surface area contributed by atoms with Crippen molar-refractivity contribution in [3.8, 4) is 11.1 Å². The van der Waals surface area contributed by atoms with E-state index >= 15 is 0 Å². The molecule has 3 unspecified atom stereocenters. The molecule has 7 nitrogen and oxygen atoms in total. The van der Waals surface area contributed by atoms with Crippen LogP contribution in [0.25, 0.3) is 21.3 Å². The number of carbonyl (C=O) groups is 1. The van der Waals surface area contributed by atoms with Crippen molar-refractivity contribution in [2.45, 2.75) is 64.1 Å². The molecule has 8 heteroatoms. The van der Waals surface area contributed by atoms with Crippen LogP contribution in [-0.4, -0.2) is 51.2 Å². The zero-order chi connectivity index (χ0) is 24.4. The van der Waals surface area contributed by atoms with Crippen LogP contribution in [0.4, 0.5) is 0 Å². The second-order valence-corrected chi connectivity index (χ2v) is 10.7. The number of rotatable bonds is 8. The Morgan fingerprint density at radius 2 is 1.94 bits per heavy atom. The van der Waals surface area contributed by atoms with Crippen LogP contribution in [0.2, 0.25) is 0 Å². The number of nitrogens with one attached hydrogen (secondary N) is 1. The number of benzene rings is 2. The van der Waals surface area contributed by atoms with Gasteiger partial charge in [-0.3, -0.25) is 4.79 Å². The summed E-state index contributed by atoms with van der Waals surface area (Å²) in [7, 11) is 2.17. The van der Waals surface area contributed by atoms with Crippen LogP contribution >= 0.6 is 11.3 Å². The van der Waals surface area contributed by atoms with Crippen LogP contribution in [0, 0.1) is 0 Å². The van der Waals surface area contributed by atoms with Gasteiger partial charge in [-0.2, -0.15) is 0 Å². The first-order valence-electron chi connectivity index (χ1n) is 12.2. The van der Waals surface area contributed by atoms with Crippen molar-refractivity contribution in [1.82, 2.24) is 25.4 Å². The Morgan fingerprint density at radius 3 is 2.71 bits per heavy atom. The largest absolute Gasteiger partial charge is 0.424 e. The average molecular weight is 490 g/mol. The Hall–Kier alpha value is -3.10. The van der Waals surface area contributed by atoms with Crippen molar-refractivity contribution in [2.75, 3.05) is 7.05 Å². The summed E-state index contributed by atoms with van der Waals surface area (Å²) in [6.07, 6.45) is 3.90. The number of likely N-dealkylation sites (tertiary alicyclic amines) is 1. The Kier molecular flexibility index (Phi) is 6.92. The third-order valence-corrected chi connectivity index (χ3v) is 7.90. The molecule has 0 radical (unpaired) electrons. The van der Waals surface area contributed by atoms with Crippen molar-refractivity contribution in [3.05, 3.63) is 65.3 Å². The summed E-state index contributed by atoms with van der Waals surface area (Å²) in [6, 6.07) is 17.9. The van der Waals surface area contributed by atoms with Gasteiger partial charge in [-0.15, -0.1) is 21.5 Å². The molecule has 3 atom stereocenters. The number of nitrogens with zero attached hydrogens (tertiary/aromatic N) is 4. The zero-order valence-electron chi connectivity index (χ0n) is 20.4. The molecule has 5 rings (SSSR count). The van der Waals surface area contributed by atoms with Gasteiger partial charge in [-0.05, 0) is 63.4 Å². The molecule has 1 N–H and O–H groups in total. The van der Waals surface area contributed by atoms with Crippen LogP contribution < -0.4 is 5.32 Å². The molecule has 182 valence electrons. The van der Waals surface area contributed by atoms with Gasteiger partial charge in [0, 0.05) is 18.1 Å². The lowest BCUT2D eigenvalue weighted by Crippen LogP contribution is -2.40. The van der Waals surface area contributed by atoms with Crippen molar-refractivity contribution >= 4 is 27.5 Å². The molecule has 1 aliphatic rings. The lowest BCUT2D eigenvalue weighted by Gasteiger charge is -2.26. The van der Waals surface area contributed by atoms with Crippen LogP contribution in [0.15, 0.2) is 52.9 Å². The quantitative estimate of drug-likeness (QED) is 0.381. The monoisotopic (exact) mass is 489 g/mol. The van der Waals surface area contributed by atoms with Gasteiger partial charge in [-0.1, -0.05) is 36.4 Å². The highest BCUT2D eigenvalue weighted by atomic mass is 32.1. The molecule has 3 heterocycles. The van der Waals surface area contributed by atoms with Gasteiger partial charge in [0.2, 0.25) is 17.7 Å². The molecule has 1 fully saturated rings. The summed E-state index contributed by atoms with van der Waals surface area (Å²) in [5.41, 5.74) is 3.31. The van der Waals surface area contributed by atoms with Crippen LogP contribution in [-0.2, 0) is 17.6 Å². The van der Waals surface area contributed by atoms with E-state index in [1.54, 1.807) is 11.3 Å². The van der Waals surface area contributed by atoms with E-state index in [0.29, 0.717) is 30.3 Å². The van der Waals surface area contributed by atoms with Gasteiger partial charge in [0.15, 0.2) is 0 Å². The zero-order valence-corrected chi connectivity index (χ0v) is 21.2. The normalized spacial score (nSPS) is 19.3. The third-order valence-electron chi connectivity index (χ3n) is 6.88. The molecule has 0 aliphatic carbocycles. The number of hydrogen-bond acceptors (Lipinski definition) is 7. The van der Waals surface area contributed by atoms with Gasteiger partial charge in [0.1, 0.15) is 11.4 Å². The van der Waals surface area contributed by atoms with Crippen LogP contribution in [0.5, 0.6) is 0 Å². The van der Waals surface area contributed by atoms with Gasteiger partial charge in [-0.25, -0.2) is 4.98 Å². The molecular weight excluding hydrogens is 458 g/mol. The van der Waals surface area contributed by atoms with E-state index in [-0.39, 0.29) is 18.4 Å². The SMILES string of the molecule is CC(CC1CCC(C)N1C)NC(=O)Cc1nnc(Cc2nc3ccc(-c4ccccc4)cc3s2)o1. The van der Waals surface area contributed by atoms with Crippen LogP contribution in [0.1, 0.15) is 49.9 Å². The van der Waals surface area contributed by atoms with Gasteiger partial charge >= 0.3 is 0 Å². The van der Waals surface area contributed by atoms with Gasteiger partial charge in [0.05, 0.1) is 16.6 Å². The summed E-state index contributed by atoms with van der Waals surface area (Å²) in [5.74, 6) is 0.725. The molecule has 0 spiro atoms. The van der Waals surface area contributed by atoms with E-state index in [9.17, 15) is 4.79 Å². The third kappa shape index (κ3) is 5.60. The topological polar surface area (TPSA) is 84.2 Å². The molecule has 2 aromatic heterocycles. The lowest BCUT2D eigenvalue weighted by atomic mass is 10.1. The summed E-state index contributed by atoms with van der Waals surface area (Å²) in [5, 5.41) is 12.2. The highest BCUT2D eigenvalue weighted by Gasteiger charge is 2.28. The molecule has 4 aromatic rings. The van der Waals surface area contributed by atoms with Gasteiger partial charge in [0.25, 0.3) is 0 Å². The van der Waals surface area contributed by atoms with E-state index in [1.807, 2.05) is 24.3 Å². The highest BCUT2D eigenvalue weighted by Crippen LogP contribution is 2.29. The molecule has 2 aromatic carbocycles. The fourth-order valence-corrected chi connectivity index (χ4v) is 5.83. The minimum absolute atomic E-state index is 0.0881. The summed E-state index contributed by atoms with van der Waals surface area (Å²) < 4.78 is 6.89. The number of hydrogen-bond donors (Lipinski definition) is 1. The maximum absolute atomic E-state index is 12.5. The number of amides is 1. The first-order chi connectivity index (χ1) is 16.9. The number of aromatic nitrogens is 3. The fourth-order valence-electron chi connectivity index (χ4n) is 4.83. The maximum atomic E-state index is 12.5. The van der Waals surface area contributed by atoms with E-state index in [2.05, 4.69) is 65.6 Å². The smallest absolute Gasteiger partial charge is 0.229 e. The molecule has 1 aliphatic heterocycles. The number of carbonyl (C=O) groups excluding carboxylic acids is 1. The average Bonchev–Trinajstić information content (AvgIpc) is 3.54. The predicted molar refractivity (Wildman–Crippen MR) is 138 cm³/mol. The Labute approximate surface area is 209 Å². The molecular formula is C27H31N5O2S. The fraction of sp³-hybridized carbons (Fsp3) is 0.407. The van der Waals surface area contributed by atoms with Crippen LogP contribution in [0.3, 0.4) is 0 Å². The number of fused-ring (bicyclic) bond motifs is 1. The van der Waals surface area contributed by atoms with E-state index in [0.717, 1.165) is 21.6 Å². The highest BCUT2D eigenvalue weighted by molar-refractivity contribution is 7.18. The number of thiazole rings is 1. The Morgan fingerprint density at radius 1 is 1.14 bits per heavy atom.